The van der Waals surface area contributed by atoms with E-state index in [0.717, 1.165) is 23.5 Å². The number of carbonyl (C=O) groups is 1. The van der Waals surface area contributed by atoms with Crippen molar-refractivity contribution in [3.63, 3.8) is 0 Å². The van der Waals surface area contributed by atoms with Crippen LogP contribution in [0.3, 0.4) is 0 Å². The van der Waals surface area contributed by atoms with Crippen LogP contribution in [-0.2, 0) is 17.5 Å². The van der Waals surface area contributed by atoms with E-state index in [2.05, 4.69) is 15.5 Å². The van der Waals surface area contributed by atoms with Crippen LogP contribution < -0.4 is 10.2 Å². The van der Waals surface area contributed by atoms with E-state index < -0.39 is 11.7 Å². The molecule has 0 aliphatic carbocycles. The molecule has 1 N–H and O–H groups in total. The molecule has 0 spiro atoms. The molecule has 0 saturated carbocycles. The molecule has 1 saturated heterocycles. The number of amides is 1. The molecule has 1 aliphatic rings. The number of hydrogen-bond donors (Lipinski definition) is 1. The van der Waals surface area contributed by atoms with E-state index in [0.29, 0.717) is 37.6 Å². The predicted molar refractivity (Wildman–Crippen MR) is 87.4 cm³/mol. The van der Waals surface area contributed by atoms with Gasteiger partial charge in [-0.25, -0.2) is 4.98 Å². The fourth-order valence-electron chi connectivity index (χ4n) is 3.00. The largest absolute Gasteiger partial charge is 0.417 e. The summed E-state index contributed by atoms with van der Waals surface area (Å²) in [5, 5.41) is 6.72. The molecule has 1 amide bonds. The maximum Gasteiger partial charge on any atom is 0.417 e. The maximum absolute atomic E-state index is 12.6. The Balaban J connectivity index is 1.57. The van der Waals surface area contributed by atoms with Crippen LogP contribution >= 0.6 is 0 Å². The molecule has 6 nitrogen and oxygen atoms in total. The van der Waals surface area contributed by atoms with Crippen molar-refractivity contribution in [3.8, 4) is 0 Å². The summed E-state index contributed by atoms with van der Waals surface area (Å²) in [5.41, 5.74) is 0.816. The van der Waals surface area contributed by atoms with Crippen LogP contribution in [0.5, 0.6) is 0 Å². The summed E-state index contributed by atoms with van der Waals surface area (Å²) in [7, 11) is 0. The van der Waals surface area contributed by atoms with Crippen molar-refractivity contribution < 1.29 is 22.5 Å². The number of nitrogens with one attached hydrogen (secondary N) is 1. The second-order valence-electron chi connectivity index (χ2n) is 6.35. The summed E-state index contributed by atoms with van der Waals surface area (Å²) in [4.78, 5) is 18.1. The highest BCUT2D eigenvalue weighted by Gasteiger charge is 2.32. The molecule has 0 radical (unpaired) electrons. The SMILES string of the molecule is Cc1noc(C)c1CNC(=O)[C@H]1CCN(c2ccc(C(F)(F)F)cn2)C1. The van der Waals surface area contributed by atoms with E-state index in [-0.39, 0.29) is 11.8 Å². The third-order valence-electron chi connectivity index (χ3n) is 4.58. The number of aromatic nitrogens is 2. The summed E-state index contributed by atoms with van der Waals surface area (Å²) in [6, 6.07) is 2.35. The molecule has 0 aromatic carbocycles. The quantitative estimate of drug-likeness (QED) is 0.899. The van der Waals surface area contributed by atoms with Crippen molar-refractivity contribution in [2.24, 2.45) is 5.92 Å². The molecular formula is C17H19F3N4O2. The fraction of sp³-hybridized carbons (Fsp3) is 0.471. The van der Waals surface area contributed by atoms with Gasteiger partial charge in [-0.15, -0.1) is 0 Å². The Bertz CT molecular complexity index is 767. The first-order chi connectivity index (χ1) is 12.3. The highest BCUT2D eigenvalue weighted by atomic mass is 19.4. The van der Waals surface area contributed by atoms with Gasteiger partial charge in [-0.2, -0.15) is 13.2 Å². The Morgan fingerprint density at radius 3 is 2.73 bits per heavy atom. The maximum atomic E-state index is 12.6. The average Bonchev–Trinajstić information content (AvgIpc) is 3.20. The lowest BCUT2D eigenvalue weighted by atomic mass is 10.1. The number of hydrogen-bond acceptors (Lipinski definition) is 5. The summed E-state index contributed by atoms with van der Waals surface area (Å²) < 4.78 is 42.9. The Morgan fingerprint density at radius 1 is 1.38 bits per heavy atom. The van der Waals surface area contributed by atoms with E-state index in [1.165, 1.54) is 6.07 Å². The third-order valence-corrected chi connectivity index (χ3v) is 4.58. The first-order valence-corrected chi connectivity index (χ1v) is 8.23. The second-order valence-corrected chi connectivity index (χ2v) is 6.35. The standard InChI is InChI=1S/C17H19F3N4O2/c1-10-14(11(2)26-23-10)8-22-16(25)12-5-6-24(9-12)15-4-3-13(7-21-15)17(18,19)20/h3-4,7,12H,5-6,8-9H2,1-2H3,(H,22,25)/t12-/m0/s1. The number of halogens is 3. The lowest BCUT2D eigenvalue weighted by Crippen LogP contribution is -2.32. The smallest absolute Gasteiger partial charge is 0.361 e. The first-order valence-electron chi connectivity index (χ1n) is 8.23. The Morgan fingerprint density at radius 2 is 2.15 bits per heavy atom. The van der Waals surface area contributed by atoms with E-state index >= 15 is 0 Å². The molecule has 1 atom stereocenters. The minimum atomic E-state index is -4.41. The van der Waals surface area contributed by atoms with Gasteiger partial charge >= 0.3 is 6.18 Å². The molecule has 1 fully saturated rings. The fourth-order valence-corrected chi connectivity index (χ4v) is 3.00. The van der Waals surface area contributed by atoms with Gasteiger partial charge in [-0.3, -0.25) is 4.79 Å². The minimum Gasteiger partial charge on any atom is -0.361 e. The van der Waals surface area contributed by atoms with Crippen LogP contribution in [0.15, 0.2) is 22.9 Å². The zero-order chi connectivity index (χ0) is 18.9. The van der Waals surface area contributed by atoms with E-state index in [4.69, 9.17) is 4.52 Å². The van der Waals surface area contributed by atoms with Gasteiger partial charge in [-0.1, -0.05) is 5.16 Å². The number of anilines is 1. The van der Waals surface area contributed by atoms with E-state index in [9.17, 15) is 18.0 Å². The van der Waals surface area contributed by atoms with Crippen molar-refractivity contribution >= 4 is 11.7 Å². The summed E-state index contributed by atoms with van der Waals surface area (Å²) in [6.07, 6.45) is -2.96. The van der Waals surface area contributed by atoms with Crippen LogP contribution in [0.4, 0.5) is 19.0 Å². The average molecular weight is 368 g/mol. The van der Waals surface area contributed by atoms with Crippen LogP contribution in [0.1, 0.15) is 29.0 Å². The number of alkyl halides is 3. The second kappa shape index (κ2) is 6.97. The highest BCUT2D eigenvalue weighted by Crippen LogP contribution is 2.30. The van der Waals surface area contributed by atoms with E-state index in [1.807, 2.05) is 11.8 Å². The van der Waals surface area contributed by atoms with Crippen LogP contribution in [-0.4, -0.2) is 29.1 Å². The van der Waals surface area contributed by atoms with Crippen molar-refractivity contribution in [1.29, 1.82) is 0 Å². The molecule has 9 heteroatoms. The van der Waals surface area contributed by atoms with Gasteiger partial charge in [0.05, 0.1) is 17.2 Å². The van der Waals surface area contributed by atoms with Gasteiger partial charge in [-0.05, 0) is 32.4 Å². The van der Waals surface area contributed by atoms with Gasteiger partial charge in [0, 0.05) is 31.4 Å². The number of carbonyl (C=O) groups excluding carboxylic acids is 1. The monoisotopic (exact) mass is 368 g/mol. The lowest BCUT2D eigenvalue weighted by molar-refractivity contribution is -0.137. The lowest BCUT2D eigenvalue weighted by Gasteiger charge is -2.18. The Kier molecular flexibility index (Phi) is 4.88. The topological polar surface area (TPSA) is 71.3 Å². The molecule has 0 bridgehead atoms. The van der Waals surface area contributed by atoms with Gasteiger partial charge in [0.1, 0.15) is 11.6 Å². The molecule has 1 aliphatic heterocycles. The highest BCUT2D eigenvalue weighted by molar-refractivity contribution is 5.80. The van der Waals surface area contributed by atoms with Crippen molar-refractivity contribution in [3.05, 3.63) is 40.9 Å². The van der Waals surface area contributed by atoms with Crippen LogP contribution in [0.2, 0.25) is 0 Å². The number of pyridine rings is 1. The minimum absolute atomic E-state index is 0.0978. The molecule has 140 valence electrons. The van der Waals surface area contributed by atoms with Gasteiger partial charge < -0.3 is 14.7 Å². The Hall–Kier alpha value is -2.58. The molecular weight excluding hydrogens is 349 g/mol. The number of rotatable bonds is 4. The van der Waals surface area contributed by atoms with Gasteiger partial charge in [0.25, 0.3) is 0 Å². The number of nitrogens with zero attached hydrogens (tertiary/aromatic N) is 3. The molecule has 3 rings (SSSR count). The van der Waals surface area contributed by atoms with Gasteiger partial charge in [0.2, 0.25) is 5.91 Å². The molecule has 2 aromatic heterocycles. The molecule has 0 unspecified atom stereocenters. The van der Waals surface area contributed by atoms with Gasteiger partial charge in [0.15, 0.2) is 0 Å². The van der Waals surface area contributed by atoms with Crippen molar-refractivity contribution in [2.45, 2.75) is 33.0 Å². The first kappa shape index (κ1) is 18.2. The normalized spacial score (nSPS) is 17.6. The Labute approximate surface area is 148 Å². The zero-order valence-corrected chi connectivity index (χ0v) is 14.4. The number of aryl methyl sites for hydroxylation is 2. The predicted octanol–water partition coefficient (Wildman–Crippen LogP) is 2.85. The summed E-state index contributed by atoms with van der Waals surface area (Å²) in [5.74, 6) is 0.780. The van der Waals surface area contributed by atoms with Crippen LogP contribution in [0.25, 0.3) is 0 Å². The molecule has 26 heavy (non-hydrogen) atoms. The molecule has 3 heterocycles. The summed E-state index contributed by atoms with van der Waals surface area (Å²) in [6.45, 7) is 4.93. The summed E-state index contributed by atoms with van der Waals surface area (Å²) >= 11 is 0. The third kappa shape index (κ3) is 3.81. The zero-order valence-electron chi connectivity index (χ0n) is 14.4. The van der Waals surface area contributed by atoms with E-state index in [1.54, 1.807) is 6.92 Å². The van der Waals surface area contributed by atoms with Crippen molar-refractivity contribution in [2.75, 3.05) is 18.0 Å². The molecule has 2 aromatic rings. The van der Waals surface area contributed by atoms with Crippen LogP contribution in [0, 0.1) is 19.8 Å². The van der Waals surface area contributed by atoms with Crippen molar-refractivity contribution in [1.82, 2.24) is 15.5 Å².